The zero-order valence-electron chi connectivity index (χ0n) is 14.8. The molecular formula is C19H27N3O2S. The van der Waals surface area contributed by atoms with E-state index in [0.29, 0.717) is 24.4 Å². The van der Waals surface area contributed by atoms with Gasteiger partial charge in [0.1, 0.15) is 0 Å². The number of thiocarbonyl (C=S) groups is 1. The molecule has 0 saturated heterocycles. The Bertz CT molecular complexity index is 612. The quantitative estimate of drug-likeness (QED) is 0.664. The van der Waals surface area contributed by atoms with E-state index >= 15 is 0 Å². The van der Waals surface area contributed by atoms with Crippen LogP contribution in [-0.4, -0.2) is 16.9 Å². The van der Waals surface area contributed by atoms with Gasteiger partial charge in [-0.05, 0) is 42.8 Å². The lowest BCUT2D eigenvalue weighted by Gasteiger charge is -2.21. The minimum atomic E-state index is -0.0456. The van der Waals surface area contributed by atoms with Crippen LogP contribution in [0, 0.1) is 5.92 Å². The largest absolute Gasteiger partial charge is 0.332 e. The van der Waals surface area contributed by atoms with Crippen molar-refractivity contribution in [2.75, 3.05) is 10.6 Å². The fraction of sp³-hybridized carbons (Fsp3) is 0.526. The molecule has 2 amide bonds. The number of carbonyl (C=O) groups is 2. The maximum atomic E-state index is 12.0. The van der Waals surface area contributed by atoms with Gasteiger partial charge in [-0.1, -0.05) is 45.1 Å². The molecule has 0 spiro atoms. The van der Waals surface area contributed by atoms with E-state index in [1.165, 1.54) is 32.1 Å². The maximum absolute atomic E-state index is 12.0. The molecule has 5 nitrogen and oxygen atoms in total. The van der Waals surface area contributed by atoms with Gasteiger partial charge in [-0.25, -0.2) is 0 Å². The van der Waals surface area contributed by atoms with Crippen molar-refractivity contribution in [3.8, 4) is 0 Å². The molecule has 0 unspecified atom stereocenters. The van der Waals surface area contributed by atoms with E-state index in [4.69, 9.17) is 12.2 Å². The van der Waals surface area contributed by atoms with Crippen LogP contribution in [0.15, 0.2) is 24.3 Å². The molecule has 0 atom stereocenters. The highest BCUT2D eigenvalue weighted by atomic mass is 32.1. The molecular weight excluding hydrogens is 334 g/mol. The molecule has 1 aromatic carbocycles. The zero-order valence-corrected chi connectivity index (χ0v) is 15.6. The van der Waals surface area contributed by atoms with Crippen LogP contribution in [0.5, 0.6) is 0 Å². The summed E-state index contributed by atoms with van der Waals surface area (Å²) >= 11 is 5.21. The van der Waals surface area contributed by atoms with Gasteiger partial charge in [-0.3, -0.25) is 9.59 Å². The molecule has 25 heavy (non-hydrogen) atoms. The van der Waals surface area contributed by atoms with E-state index in [0.717, 1.165) is 12.1 Å². The smallest absolute Gasteiger partial charge is 0.226 e. The normalized spacial score (nSPS) is 14.6. The van der Waals surface area contributed by atoms with Crippen molar-refractivity contribution in [3.05, 3.63) is 24.3 Å². The van der Waals surface area contributed by atoms with Crippen LogP contribution < -0.4 is 16.0 Å². The Morgan fingerprint density at radius 1 is 1.08 bits per heavy atom. The van der Waals surface area contributed by atoms with Gasteiger partial charge in [-0.2, -0.15) is 0 Å². The van der Waals surface area contributed by atoms with Crippen molar-refractivity contribution in [2.45, 2.75) is 58.3 Å². The van der Waals surface area contributed by atoms with E-state index in [2.05, 4.69) is 16.0 Å². The summed E-state index contributed by atoms with van der Waals surface area (Å²) in [6.45, 7) is 1.80. The summed E-state index contributed by atoms with van der Waals surface area (Å²) in [6, 6.07) is 7.25. The third kappa shape index (κ3) is 7.22. The second-order valence-electron chi connectivity index (χ2n) is 6.53. The summed E-state index contributed by atoms with van der Waals surface area (Å²) < 4.78 is 0. The molecule has 3 N–H and O–H groups in total. The predicted octanol–water partition coefficient (Wildman–Crippen LogP) is 4.21. The van der Waals surface area contributed by atoms with Crippen LogP contribution in [0.4, 0.5) is 11.4 Å². The number of amides is 2. The second-order valence-corrected chi connectivity index (χ2v) is 6.94. The number of benzene rings is 1. The first-order chi connectivity index (χ1) is 12.1. The molecule has 0 radical (unpaired) electrons. The molecule has 1 saturated carbocycles. The van der Waals surface area contributed by atoms with Gasteiger partial charge in [0.05, 0.1) is 0 Å². The summed E-state index contributed by atoms with van der Waals surface area (Å²) in [6.07, 6.45) is 8.26. The van der Waals surface area contributed by atoms with Gasteiger partial charge < -0.3 is 16.0 Å². The summed E-state index contributed by atoms with van der Waals surface area (Å²) in [5, 5.41) is 8.80. The average Bonchev–Trinajstić information content (AvgIpc) is 2.61. The fourth-order valence-corrected chi connectivity index (χ4v) is 3.32. The van der Waals surface area contributed by atoms with Crippen LogP contribution in [0.25, 0.3) is 0 Å². The molecule has 1 aromatic rings. The van der Waals surface area contributed by atoms with Crippen LogP contribution in [0.2, 0.25) is 0 Å². The Morgan fingerprint density at radius 2 is 1.76 bits per heavy atom. The summed E-state index contributed by atoms with van der Waals surface area (Å²) in [4.78, 5) is 23.5. The fourth-order valence-electron chi connectivity index (χ4n) is 3.09. The van der Waals surface area contributed by atoms with Gasteiger partial charge in [0.2, 0.25) is 11.8 Å². The number of anilines is 2. The topological polar surface area (TPSA) is 70.2 Å². The van der Waals surface area contributed by atoms with Gasteiger partial charge in [0, 0.05) is 24.2 Å². The molecule has 1 aliphatic carbocycles. The molecule has 2 rings (SSSR count). The lowest BCUT2D eigenvalue weighted by atomic mass is 9.86. The molecule has 0 aromatic heterocycles. The summed E-state index contributed by atoms with van der Waals surface area (Å²) in [5.74, 6) is 0.592. The number of rotatable bonds is 6. The first kappa shape index (κ1) is 19.4. The summed E-state index contributed by atoms with van der Waals surface area (Å²) in [5.41, 5.74) is 1.43. The summed E-state index contributed by atoms with van der Waals surface area (Å²) in [7, 11) is 0. The van der Waals surface area contributed by atoms with Crippen molar-refractivity contribution in [3.63, 3.8) is 0 Å². The standard InChI is InChI=1S/C19H27N3O2S/c1-2-17(23)20-15-9-6-10-16(13-15)21-19(25)22-18(24)12-11-14-7-4-3-5-8-14/h6,9-10,13-14H,2-5,7-8,11-12H2,1H3,(H,20,23)(H2,21,22,24,25). The highest BCUT2D eigenvalue weighted by Crippen LogP contribution is 2.27. The van der Waals surface area contributed by atoms with Gasteiger partial charge in [0.15, 0.2) is 5.11 Å². The lowest BCUT2D eigenvalue weighted by molar-refractivity contribution is -0.120. The Kier molecular flexibility index (Phi) is 7.85. The van der Waals surface area contributed by atoms with Crippen molar-refractivity contribution < 1.29 is 9.59 Å². The monoisotopic (exact) mass is 361 g/mol. The third-order valence-electron chi connectivity index (χ3n) is 4.48. The Morgan fingerprint density at radius 3 is 2.44 bits per heavy atom. The van der Waals surface area contributed by atoms with Crippen molar-refractivity contribution in [2.24, 2.45) is 5.92 Å². The molecule has 6 heteroatoms. The molecule has 0 heterocycles. The van der Waals surface area contributed by atoms with Crippen molar-refractivity contribution >= 4 is 40.5 Å². The van der Waals surface area contributed by atoms with E-state index in [-0.39, 0.29) is 16.9 Å². The molecule has 1 aliphatic rings. The Balaban J connectivity index is 1.76. The van der Waals surface area contributed by atoms with Gasteiger partial charge in [-0.15, -0.1) is 0 Å². The first-order valence-electron chi connectivity index (χ1n) is 9.07. The molecule has 0 aliphatic heterocycles. The number of nitrogens with one attached hydrogen (secondary N) is 3. The minimum absolute atomic E-state index is 0.0430. The minimum Gasteiger partial charge on any atom is -0.332 e. The highest BCUT2D eigenvalue weighted by molar-refractivity contribution is 7.80. The third-order valence-corrected chi connectivity index (χ3v) is 4.69. The van der Waals surface area contributed by atoms with Crippen LogP contribution in [-0.2, 0) is 9.59 Å². The van der Waals surface area contributed by atoms with E-state index in [1.807, 2.05) is 18.2 Å². The molecule has 1 fully saturated rings. The van der Waals surface area contributed by atoms with E-state index in [9.17, 15) is 9.59 Å². The van der Waals surface area contributed by atoms with Crippen molar-refractivity contribution in [1.82, 2.24) is 5.32 Å². The molecule has 136 valence electrons. The van der Waals surface area contributed by atoms with Gasteiger partial charge in [0.25, 0.3) is 0 Å². The Hall–Kier alpha value is -1.95. The first-order valence-corrected chi connectivity index (χ1v) is 9.48. The number of hydrogen-bond acceptors (Lipinski definition) is 3. The highest BCUT2D eigenvalue weighted by Gasteiger charge is 2.15. The van der Waals surface area contributed by atoms with E-state index in [1.54, 1.807) is 13.0 Å². The van der Waals surface area contributed by atoms with Gasteiger partial charge >= 0.3 is 0 Å². The SMILES string of the molecule is CCC(=O)Nc1cccc(NC(=S)NC(=O)CCC2CCCCC2)c1. The predicted molar refractivity (Wildman–Crippen MR) is 106 cm³/mol. The average molecular weight is 362 g/mol. The Labute approximate surface area is 155 Å². The number of hydrogen-bond donors (Lipinski definition) is 3. The van der Waals surface area contributed by atoms with Crippen LogP contribution >= 0.6 is 12.2 Å². The van der Waals surface area contributed by atoms with Crippen molar-refractivity contribution in [1.29, 1.82) is 0 Å². The number of carbonyl (C=O) groups excluding carboxylic acids is 2. The molecule has 0 bridgehead atoms. The zero-order chi connectivity index (χ0) is 18.1. The maximum Gasteiger partial charge on any atom is 0.226 e. The second kappa shape index (κ2) is 10.1. The van der Waals surface area contributed by atoms with Crippen LogP contribution in [0.1, 0.15) is 58.3 Å². The lowest BCUT2D eigenvalue weighted by Crippen LogP contribution is -2.34. The van der Waals surface area contributed by atoms with E-state index < -0.39 is 0 Å². The van der Waals surface area contributed by atoms with Crippen LogP contribution in [0.3, 0.4) is 0 Å².